The van der Waals surface area contributed by atoms with E-state index in [0.29, 0.717) is 23.1 Å². The average molecular weight is 311 g/mol. The molecule has 2 rings (SSSR count). The van der Waals surface area contributed by atoms with E-state index in [1.165, 1.54) is 5.57 Å². The molecule has 1 aliphatic carbocycles. The van der Waals surface area contributed by atoms with Gasteiger partial charge in [-0.25, -0.2) is 5.43 Å². The summed E-state index contributed by atoms with van der Waals surface area (Å²) in [5.41, 5.74) is 4.29. The van der Waals surface area contributed by atoms with Crippen molar-refractivity contribution in [3.05, 3.63) is 41.5 Å². The number of carbonyl (C=O) groups excluding carboxylic acids is 1. The SMILES string of the molecule is CC1=CC[C@H](C=NNC(=O)COc2ccccc2C#N)[C@H](C)C1. The monoisotopic (exact) mass is 311 g/mol. The summed E-state index contributed by atoms with van der Waals surface area (Å²) >= 11 is 0. The van der Waals surface area contributed by atoms with E-state index in [2.05, 4.69) is 30.5 Å². The van der Waals surface area contributed by atoms with Crippen molar-refractivity contribution in [3.8, 4) is 11.8 Å². The van der Waals surface area contributed by atoms with Gasteiger partial charge in [0.15, 0.2) is 6.61 Å². The first-order valence-electron chi connectivity index (χ1n) is 7.69. The van der Waals surface area contributed by atoms with Crippen LogP contribution in [0.1, 0.15) is 32.3 Å². The quantitative estimate of drug-likeness (QED) is 0.516. The van der Waals surface area contributed by atoms with Crippen LogP contribution >= 0.6 is 0 Å². The van der Waals surface area contributed by atoms with E-state index in [1.54, 1.807) is 30.5 Å². The van der Waals surface area contributed by atoms with Crippen LogP contribution in [0, 0.1) is 23.2 Å². The zero-order valence-electron chi connectivity index (χ0n) is 13.5. The lowest BCUT2D eigenvalue weighted by atomic mass is 9.82. The van der Waals surface area contributed by atoms with Crippen LogP contribution in [0.3, 0.4) is 0 Å². The molecule has 0 aliphatic heterocycles. The van der Waals surface area contributed by atoms with Gasteiger partial charge in [-0.3, -0.25) is 4.79 Å². The molecule has 0 radical (unpaired) electrons. The summed E-state index contributed by atoms with van der Waals surface area (Å²) < 4.78 is 5.35. The van der Waals surface area contributed by atoms with E-state index >= 15 is 0 Å². The summed E-state index contributed by atoms with van der Waals surface area (Å²) in [7, 11) is 0. The molecule has 2 atom stereocenters. The number of para-hydroxylation sites is 1. The highest BCUT2D eigenvalue weighted by Gasteiger charge is 2.18. The Hall–Kier alpha value is -2.61. The second-order valence-electron chi connectivity index (χ2n) is 5.84. The Morgan fingerprint density at radius 1 is 1.52 bits per heavy atom. The molecule has 0 bridgehead atoms. The van der Waals surface area contributed by atoms with Gasteiger partial charge in [-0.2, -0.15) is 10.4 Å². The summed E-state index contributed by atoms with van der Waals surface area (Å²) in [5.74, 6) is 0.929. The van der Waals surface area contributed by atoms with Gasteiger partial charge in [-0.15, -0.1) is 0 Å². The summed E-state index contributed by atoms with van der Waals surface area (Å²) in [4.78, 5) is 11.7. The molecule has 0 spiro atoms. The molecule has 0 fully saturated rings. The zero-order chi connectivity index (χ0) is 16.7. The lowest BCUT2D eigenvalue weighted by Crippen LogP contribution is -2.26. The summed E-state index contributed by atoms with van der Waals surface area (Å²) in [6.45, 7) is 4.16. The maximum Gasteiger partial charge on any atom is 0.277 e. The van der Waals surface area contributed by atoms with Crippen molar-refractivity contribution in [2.45, 2.75) is 26.7 Å². The average Bonchev–Trinajstić information content (AvgIpc) is 2.55. The predicted molar refractivity (Wildman–Crippen MR) is 88.9 cm³/mol. The molecule has 1 aliphatic rings. The fourth-order valence-corrected chi connectivity index (χ4v) is 2.59. The van der Waals surface area contributed by atoms with Crippen LogP contribution in [0.4, 0.5) is 0 Å². The van der Waals surface area contributed by atoms with Crippen LogP contribution in [0.5, 0.6) is 5.75 Å². The van der Waals surface area contributed by atoms with Gasteiger partial charge in [-0.05, 0) is 37.8 Å². The zero-order valence-corrected chi connectivity index (χ0v) is 13.5. The largest absolute Gasteiger partial charge is 0.482 e. The van der Waals surface area contributed by atoms with Crippen molar-refractivity contribution in [2.24, 2.45) is 16.9 Å². The van der Waals surface area contributed by atoms with Crippen molar-refractivity contribution in [3.63, 3.8) is 0 Å². The Morgan fingerprint density at radius 3 is 3.04 bits per heavy atom. The first kappa shape index (κ1) is 16.8. The van der Waals surface area contributed by atoms with E-state index in [1.807, 2.05) is 6.07 Å². The van der Waals surface area contributed by atoms with E-state index in [9.17, 15) is 4.79 Å². The molecular formula is C18H21N3O2. The van der Waals surface area contributed by atoms with E-state index < -0.39 is 0 Å². The highest BCUT2D eigenvalue weighted by molar-refractivity contribution is 5.78. The number of ether oxygens (including phenoxy) is 1. The minimum absolute atomic E-state index is 0.171. The first-order chi connectivity index (χ1) is 11.1. The molecule has 0 unspecified atom stereocenters. The fraction of sp³-hybridized carbons (Fsp3) is 0.389. The number of nitrogens with one attached hydrogen (secondary N) is 1. The van der Waals surface area contributed by atoms with Gasteiger partial charge in [0.05, 0.1) is 5.56 Å². The molecule has 1 amide bonds. The van der Waals surface area contributed by atoms with E-state index in [4.69, 9.17) is 10.00 Å². The molecule has 0 heterocycles. The lowest BCUT2D eigenvalue weighted by Gasteiger charge is -2.24. The number of amides is 1. The van der Waals surface area contributed by atoms with Crippen LogP contribution in [-0.2, 0) is 4.79 Å². The topological polar surface area (TPSA) is 74.5 Å². The molecular weight excluding hydrogens is 290 g/mol. The van der Waals surface area contributed by atoms with Crippen LogP contribution in [-0.4, -0.2) is 18.7 Å². The van der Waals surface area contributed by atoms with Crippen LogP contribution < -0.4 is 10.2 Å². The third kappa shape index (κ3) is 4.96. The lowest BCUT2D eigenvalue weighted by molar-refractivity contribution is -0.123. The molecule has 1 aromatic rings. The second kappa shape index (κ2) is 8.14. The molecule has 120 valence electrons. The van der Waals surface area contributed by atoms with Gasteiger partial charge >= 0.3 is 0 Å². The van der Waals surface area contributed by atoms with Gasteiger partial charge < -0.3 is 4.74 Å². The Bertz CT molecular complexity index is 658. The fourth-order valence-electron chi connectivity index (χ4n) is 2.59. The summed E-state index contributed by atoms with van der Waals surface area (Å²) in [6.07, 6.45) is 6.05. The van der Waals surface area contributed by atoms with Crippen molar-refractivity contribution in [1.82, 2.24) is 5.43 Å². The van der Waals surface area contributed by atoms with E-state index in [-0.39, 0.29) is 12.5 Å². The highest BCUT2D eigenvalue weighted by Crippen LogP contribution is 2.27. The first-order valence-corrected chi connectivity index (χ1v) is 7.69. The Morgan fingerprint density at radius 2 is 2.30 bits per heavy atom. The van der Waals surface area contributed by atoms with Crippen LogP contribution in [0.2, 0.25) is 0 Å². The number of hydrogen-bond donors (Lipinski definition) is 1. The standard InChI is InChI=1S/C18H21N3O2/c1-13-7-8-16(14(2)9-13)11-20-21-18(22)12-23-17-6-4-3-5-15(17)10-19/h3-7,11,14,16H,8-9,12H2,1-2H3,(H,21,22)/t14-,16-/m1/s1. The van der Waals surface area contributed by atoms with Crippen molar-refractivity contribution < 1.29 is 9.53 Å². The molecule has 23 heavy (non-hydrogen) atoms. The minimum Gasteiger partial charge on any atom is -0.482 e. The van der Waals surface area contributed by atoms with Crippen LogP contribution in [0.15, 0.2) is 41.0 Å². The number of carbonyl (C=O) groups is 1. The molecule has 1 N–H and O–H groups in total. The summed E-state index contributed by atoms with van der Waals surface area (Å²) in [6, 6.07) is 8.83. The van der Waals surface area contributed by atoms with Crippen LogP contribution in [0.25, 0.3) is 0 Å². The third-order valence-electron chi connectivity index (χ3n) is 3.93. The van der Waals surface area contributed by atoms with Gasteiger partial charge in [0.1, 0.15) is 11.8 Å². The molecule has 1 aromatic carbocycles. The number of allylic oxidation sites excluding steroid dienone is 2. The smallest absolute Gasteiger partial charge is 0.277 e. The van der Waals surface area contributed by atoms with Gasteiger partial charge in [0.2, 0.25) is 0 Å². The third-order valence-corrected chi connectivity index (χ3v) is 3.93. The van der Waals surface area contributed by atoms with Crippen molar-refractivity contribution >= 4 is 12.1 Å². The van der Waals surface area contributed by atoms with Gasteiger partial charge in [-0.1, -0.05) is 30.7 Å². The number of benzene rings is 1. The number of hydrazone groups is 1. The predicted octanol–water partition coefficient (Wildman–Crippen LogP) is 3.03. The highest BCUT2D eigenvalue weighted by atomic mass is 16.5. The van der Waals surface area contributed by atoms with Crippen molar-refractivity contribution in [1.29, 1.82) is 5.26 Å². The Kier molecular flexibility index (Phi) is 5.93. The number of rotatable bonds is 5. The Labute approximate surface area is 136 Å². The van der Waals surface area contributed by atoms with Crippen molar-refractivity contribution in [2.75, 3.05) is 6.61 Å². The number of nitriles is 1. The second-order valence-corrected chi connectivity index (χ2v) is 5.84. The molecule has 0 saturated heterocycles. The Balaban J connectivity index is 1.79. The molecule has 0 aromatic heterocycles. The summed E-state index contributed by atoms with van der Waals surface area (Å²) in [5, 5.41) is 13.0. The van der Waals surface area contributed by atoms with Gasteiger partial charge in [0, 0.05) is 12.1 Å². The maximum atomic E-state index is 11.7. The van der Waals surface area contributed by atoms with E-state index in [0.717, 1.165) is 12.8 Å². The minimum atomic E-state index is -0.343. The number of hydrogen-bond acceptors (Lipinski definition) is 4. The molecule has 5 nitrogen and oxygen atoms in total. The molecule has 5 heteroatoms. The maximum absolute atomic E-state index is 11.7. The molecule has 0 saturated carbocycles. The number of nitrogens with zero attached hydrogens (tertiary/aromatic N) is 2. The normalized spacial score (nSPS) is 20.7. The van der Waals surface area contributed by atoms with Gasteiger partial charge in [0.25, 0.3) is 5.91 Å².